The van der Waals surface area contributed by atoms with Crippen molar-refractivity contribution in [3.63, 3.8) is 0 Å². The summed E-state index contributed by atoms with van der Waals surface area (Å²) < 4.78 is 0. The second-order valence-corrected chi connectivity index (χ2v) is 8.38. The number of aliphatic hydroxyl groups is 1. The average Bonchev–Trinajstić information content (AvgIpc) is 2.76. The third kappa shape index (κ3) is 1.78. The van der Waals surface area contributed by atoms with E-state index in [4.69, 9.17) is 5.73 Å². The van der Waals surface area contributed by atoms with E-state index in [0.717, 1.165) is 25.2 Å². The highest BCUT2D eigenvalue weighted by Gasteiger charge is 2.52. The van der Waals surface area contributed by atoms with Gasteiger partial charge < -0.3 is 10.8 Å². The highest BCUT2D eigenvalue weighted by molar-refractivity contribution is 5.42. The smallest absolute Gasteiger partial charge is 0.0724 e. The molecule has 2 nitrogen and oxygen atoms in total. The molecule has 2 unspecified atom stereocenters. The van der Waals surface area contributed by atoms with Crippen molar-refractivity contribution in [2.75, 3.05) is 0 Å². The summed E-state index contributed by atoms with van der Waals surface area (Å²) in [6.45, 7) is 4.88. The summed E-state index contributed by atoms with van der Waals surface area (Å²) in [5.41, 5.74) is 12.1. The molecule has 0 aliphatic heterocycles. The van der Waals surface area contributed by atoms with Gasteiger partial charge in [0.25, 0.3) is 0 Å². The van der Waals surface area contributed by atoms with Crippen molar-refractivity contribution in [2.24, 2.45) is 22.5 Å². The summed E-state index contributed by atoms with van der Waals surface area (Å²) in [5.74, 6) is 0.737. The molecule has 5 atom stereocenters. The largest absolute Gasteiger partial charge is 0.389 e. The van der Waals surface area contributed by atoms with Gasteiger partial charge >= 0.3 is 0 Å². The van der Waals surface area contributed by atoms with Gasteiger partial charge in [-0.1, -0.05) is 36.6 Å². The van der Waals surface area contributed by atoms with Gasteiger partial charge in [-0.05, 0) is 62.7 Å². The Morgan fingerprint density at radius 1 is 1.10 bits per heavy atom. The third-order valence-corrected chi connectivity index (χ3v) is 7.50. The maximum atomic E-state index is 9.98. The molecule has 1 fully saturated rings. The van der Waals surface area contributed by atoms with Crippen LogP contribution < -0.4 is 5.73 Å². The maximum Gasteiger partial charge on any atom is 0.0724 e. The first-order chi connectivity index (χ1) is 9.95. The molecule has 0 amide bonds. The minimum atomic E-state index is -0.205. The van der Waals surface area contributed by atoms with Crippen molar-refractivity contribution in [2.45, 2.75) is 77.4 Å². The van der Waals surface area contributed by atoms with Gasteiger partial charge in [-0.3, -0.25) is 0 Å². The number of allylic oxidation sites excluding steroid dienone is 3. The molecule has 4 aliphatic rings. The van der Waals surface area contributed by atoms with Crippen LogP contribution in [0.2, 0.25) is 0 Å². The van der Waals surface area contributed by atoms with Crippen LogP contribution in [0.4, 0.5) is 0 Å². The fourth-order valence-electron chi connectivity index (χ4n) is 5.99. The first-order valence-electron chi connectivity index (χ1n) is 8.82. The Kier molecular flexibility index (Phi) is 2.97. The second-order valence-electron chi connectivity index (χ2n) is 8.38. The summed E-state index contributed by atoms with van der Waals surface area (Å²) in [7, 11) is 0. The molecule has 0 aromatic heterocycles. The zero-order valence-corrected chi connectivity index (χ0v) is 13.5. The summed E-state index contributed by atoms with van der Waals surface area (Å²) in [6, 6.07) is 0.398. The highest BCUT2D eigenvalue weighted by Crippen LogP contribution is 2.62. The molecule has 0 bridgehead atoms. The standard InChI is InChI=1S/C19H29NO/c1-18-9-7-13(21)11-12(18)3-4-14-15-5-6-17(20)19(15,2)10-8-16(14)18/h11,13,15,17,21H,3-10,20H2,1-2H3/t13?,15-,17?,18-,19-/m0/s1. The molecule has 2 heteroatoms. The molecule has 116 valence electrons. The topological polar surface area (TPSA) is 46.2 Å². The predicted molar refractivity (Wildman–Crippen MR) is 85.7 cm³/mol. The summed E-state index contributed by atoms with van der Waals surface area (Å²) in [5, 5.41) is 9.98. The van der Waals surface area contributed by atoms with Crippen molar-refractivity contribution in [3.05, 3.63) is 22.8 Å². The normalized spacial score (nSPS) is 49.3. The molecule has 0 heterocycles. The number of hydrogen-bond acceptors (Lipinski definition) is 2. The van der Waals surface area contributed by atoms with E-state index in [0.29, 0.717) is 11.5 Å². The van der Waals surface area contributed by atoms with E-state index in [-0.39, 0.29) is 11.5 Å². The van der Waals surface area contributed by atoms with Gasteiger partial charge in [-0.25, -0.2) is 0 Å². The molecular formula is C19H29NO. The van der Waals surface area contributed by atoms with Crippen LogP contribution in [0.3, 0.4) is 0 Å². The lowest BCUT2D eigenvalue weighted by atomic mass is 9.54. The molecule has 0 aromatic rings. The molecule has 21 heavy (non-hydrogen) atoms. The Balaban J connectivity index is 1.78. The number of rotatable bonds is 0. The maximum absolute atomic E-state index is 9.98. The molecule has 0 aromatic carbocycles. The van der Waals surface area contributed by atoms with Crippen molar-refractivity contribution in [1.82, 2.24) is 0 Å². The van der Waals surface area contributed by atoms with E-state index in [1.807, 2.05) is 0 Å². The van der Waals surface area contributed by atoms with Crippen LogP contribution in [0, 0.1) is 16.7 Å². The SMILES string of the molecule is C[C@]12CCC(O)C=C1CCC1=C2CC[C@]2(C)C(N)CC[C@@H]12. The van der Waals surface area contributed by atoms with Gasteiger partial charge in [0.2, 0.25) is 0 Å². The molecule has 0 spiro atoms. The lowest BCUT2D eigenvalue weighted by molar-refractivity contribution is 0.149. The third-order valence-electron chi connectivity index (χ3n) is 7.50. The van der Waals surface area contributed by atoms with Gasteiger partial charge in [0.05, 0.1) is 6.10 Å². The first kappa shape index (κ1) is 14.0. The summed E-state index contributed by atoms with van der Waals surface area (Å²) in [6.07, 6.45) is 11.4. The number of nitrogens with two attached hydrogens (primary N) is 1. The van der Waals surface area contributed by atoms with E-state index < -0.39 is 0 Å². The Bertz CT molecular complexity index is 534. The quantitative estimate of drug-likeness (QED) is 0.667. The Morgan fingerprint density at radius 3 is 2.71 bits per heavy atom. The van der Waals surface area contributed by atoms with Crippen LogP contribution in [-0.2, 0) is 0 Å². The van der Waals surface area contributed by atoms with Crippen molar-refractivity contribution >= 4 is 0 Å². The van der Waals surface area contributed by atoms with Gasteiger partial charge in [0, 0.05) is 11.5 Å². The second kappa shape index (κ2) is 4.45. The minimum Gasteiger partial charge on any atom is -0.389 e. The Labute approximate surface area is 128 Å². The highest BCUT2D eigenvalue weighted by atomic mass is 16.3. The number of fused-ring (bicyclic) bond motifs is 4. The lowest BCUT2D eigenvalue weighted by Gasteiger charge is -2.51. The molecular weight excluding hydrogens is 258 g/mol. The molecule has 0 radical (unpaired) electrons. The van der Waals surface area contributed by atoms with Crippen molar-refractivity contribution in [1.29, 1.82) is 0 Å². The van der Waals surface area contributed by atoms with Gasteiger partial charge in [-0.2, -0.15) is 0 Å². The van der Waals surface area contributed by atoms with Crippen LogP contribution in [0.15, 0.2) is 22.8 Å². The Morgan fingerprint density at radius 2 is 1.90 bits per heavy atom. The van der Waals surface area contributed by atoms with E-state index in [1.165, 1.54) is 37.7 Å². The van der Waals surface area contributed by atoms with Crippen LogP contribution in [0.25, 0.3) is 0 Å². The van der Waals surface area contributed by atoms with Crippen LogP contribution in [0.5, 0.6) is 0 Å². The van der Waals surface area contributed by atoms with Gasteiger partial charge in [0.15, 0.2) is 0 Å². The monoisotopic (exact) mass is 287 g/mol. The van der Waals surface area contributed by atoms with E-state index in [9.17, 15) is 5.11 Å². The lowest BCUT2D eigenvalue weighted by Crippen LogP contribution is -2.44. The number of hydrogen-bond donors (Lipinski definition) is 2. The van der Waals surface area contributed by atoms with Crippen LogP contribution in [-0.4, -0.2) is 17.3 Å². The molecule has 1 saturated carbocycles. The van der Waals surface area contributed by atoms with Crippen LogP contribution in [0.1, 0.15) is 65.2 Å². The summed E-state index contributed by atoms with van der Waals surface area (Å²) >= 11 is 0. The van der Waals surface area contributed by atoms with Gasteiger partial charge in [0.1, 0.15) is 0 Å². The number of aliphatic hydroxyl groups excluding tert-OH is 1. The fourth-order valence-corrected chi connectivity index (χ4v) is 5.99. The molecule has 4 aliphatic carbocycles. The van der Waals surface area contributed by atoms with Crippen LogP contribution >= 0.6 is 0 Å². The van der Waals surface area contributed by atoms with E-state index in [1.54, 1.807) is 11.1 Å². The summed E-state index contributed by atoms with van der Waals surface area (Å²) in [4.78, 5) is 0. The van der Waals surface area contributed by atoms with Crippen molar-refractivity contribution in [3.8, 4) is 0 Å². The zero-order valence-electron chi connectivity index (χ0n) is 13.5. The van der Waals surface area contributed by atoms with E-state index in [2.05, 4.69) is 19.9 Å². The van der Waals surface area contributed by atoms with E-state index >= 15 is 0 Å². The molecule has 4 rings (SSSR count). The molecule has 0 saturated heterocycles. The minimum absolute atomic E-state index is 0.205. The zero-order chi connectivity index (χ0) is 14.8. The Hall–Kier alpha value is -0.600. The first-order valence-corrected chi connectivity index (χ1v) is 8.82. The average molecular weight is 287 g/mol. The van der Waals surface area contributed by atoms with Crippen molar-refractivity contribution < 1.29 is 5.11 Å². The predicted octanol–water partition coefficient (Wildman–Crippen LogP) is 3.70. The fraction of sp³-hybridized carbons (Fsp3) is 0.789. The molecule has 3 N–H and O–H groups in total. The van der Waals surface area contributed by atoms with Gasteiger partial charge in [-0.15, -0.1) is 0 Å².